The molecule has 0 atom stereocenters. The second kappa shape index (κ2) is 5.22. The van der Waals surface area contributed by atoms with E-state index in [9.17, 15) is 13.2 Å². The zero-order chi connectivity index (χ0) is 14.0. The summed E-state index contributed by atoms with van der Waals surface area (Å²) in [5, 5.41) is 11.7. The van der Waals surface area contributed by atoms with Crippen LogP contribution in [0.4, 0.5) is 18.9 Å². The smallest absolute Gasteiger partial charge is 0.187 e. The third-order valence-electron chi connectivity index (χ3n) is 2.68. The average molecular weight is 267 g/mol. The lowest BCUT2D eigenvalue weighted by Gasteiger charge is -2.09. The van der Waals surface area contributed by atoms with Crippen molar-refractivity contribution < 1.29 is 18.3 Å². The van der Waals surface area contributed by atoms with E-state index in [1.165, 1.54) is 6.07 Å². The predicted octanol–water partition coefficient (Wildman–Crippen LogP) is 3.73. The SMILES string of the molecule is Cc1ccc(NCc2cc(F)c(O)c(F)c2)c(F)c1. The molecule has 0 saturated heterocycles. The molecule has 2 aromatic carbocycles. The maximum absolute atomic E-state index is 13.5. The molecule has 0 fully saturated rings. The lowest BCUT2D eigenvalue weighted by molar-refractivity contribution is 0.395. The normalized spacial score (nSPS) is 10.5. The number of phenols is 1. The number of hydrogen-bond donors (Lipinski definition) is 2. The molecule has 100 valence electrons. The van der Waals surface area contributed by atoms with Crippen LogP contribution in [0.15, 0.2) is 30.3 Å². The Balaban J connectivity index is 2.14. The molecular weight excluding hydrogens is 255 g/mol. The minimum atomic E-state index is -1.04. The number of phenolic OH excluding ortho intramolecular Hbond substituents is 1. The highest BCUT2D eigenvalue weighted by atomic mass is 19.1. The van der Waals surface area contributed by atoms with Gasteiger partial charge in [-0.1, -0.05) is 6.07 Å². The lowest BCUT2D eigenvalue weighted by Crippen LogP contribution is -2.02. The van der Waals surface area contributed by atoms with Crippen LogP contribution in [0.5, 0.6) is 5.75 Å². The Bertz CT molecular complexity index is 591. The second-order valence-electron chi connectivity index (χ2n) is 4.24. The van der Waals surface area contributed by atoms with Crippen molar-refractivity contribution in [1.29, 1.82) is 0 Å². The minimum absolute atomic E-state index is 0.0497. The van der Waals surface area contributed by atoms with E-state index in [4.69, 9.17) is 5.11 Å². The van der Waals surface area contributed by atoms with Gasteiger partial charge in [-0.05, 0) is 42.3 Å². The van der Waals surface area contributed by atoms with E-state index in [1.807, 2.05) is 0 Å². The van der Waals surface area contributed by atoms with E-state index >= 15 is 0 Å². The minimum Gasteiger partial charge on any atom is -0.503 e. The topological polar surface area (TPSA) is 32.3 Å². The average Bonchev–Trinajstić information content (AvgIpc) is 2.34. The standard InChI is InChI=1S/C14H12F3NO/c1-8-2-3-13(10(15)4-8)18-7-9-5-11(16)14(19)12(17)6-9/h2-6,18-19H,7H2,1H3. The Morgan fingerprint density at radius 3 is 2.21 bits per heavy atom. The third-order valence-corrected chi connectivity index (χ3v) is 2.68. The summed E-state index contributed by atoms with van der Waals surface area (Å²) in [4.78, 5) is 0. The third kappa shape index (κ3) is 2.99. The molecule has 0 amide bonds. The Kier molecular flexibility index (Phi) is 3.64. The van der Waals surface area contributed by atoms with Gasteiger partial charge in [0.15, 0.2) is 17.4 Å². The van der Waals surface area contributed by atoms with Crippen molar-refractivity contribution in [2.45, 2.75) is 13.5 Å². The highest BCUT2D eigenvalue weighted by Crippen LogP contribution is 2.22. The molecule has 0 heterocycles. The Hall–Kier alpha value is -2.17. The molecule has 0 aliphatic carbocycles. The van der Waals surface area contributed by atoms with E-state index in [1.54, 1.807) is 19.1 Å². The van der Waals surface area contributed by atoms with Crippen molar-refractivity contribution in [2.75, 3.05) is 5.32 Å². The fourth-order valence-corrected chi connectivity index (χ4v) is 1.68. The van der Waals surface area contributed by atoms with Gasteiger partial charge in [-0.3, -0.25) is 0 Å². The van der Waals surface area contributed by atoms with E-state index in [0.29, 0.717) is 0 Å². The van der Waals surface area contributed by atoms with Gasteiger partial charge in [0.25, 0.3) is 0 Å². The van der Waals surface area contributed by atoms with Crippen molar-refractivity contribution in [3.05, 3.63) is 58.9 Å². The summed E-state index contributed by atoms with van der Waals surface area (Å²) >= 11 is 0. The summed E-state index contributed by atoms with van der Waals surface area (Å²) in [5.41, 5.74) is 1.30. The van der Waals surface area contributed by atoms with Crippen LogP contribution in [0.3, 0.4) is 0 Å². The molecule has 0 aromatic heterocycles. The predicted molar refractivity (Wildman–Crippen MR) is 66.5 cm³/mol. The van der Waals surface area contributed by atoms with Crippen molar-refractivity contribution in [2.24, 2.45) is 0 Å². The quantitative estimate of drug-likeness (QED) is 0.888. The first-order valence-electron chi connectivity index (χ1n) is 5.64. The summed E-state index contributed by atoms with van der Waals surface area (Å²) in [7, 11) is 0. The van der Waals surface area contributed by atoms with Gasteiger partial charge >= 0.3 is 0 Å². The maximum Gasteiger partial charge on any atom is 0.187 e. The summed E-state index contributed by atoms with van der Waals surface area (Å²) in [6.07, 6.45) is 0. The Morgan fingerprint density at radius 1 is 1.00 bits per heavy atom. The molecule has 2 rings (SSSR count). The highest BCUT2D eigenvalue weighted by molar-refractivity contribution is 5.47. The van der Waals surface area contributed by atoms with Crippen molar-refractivity contribution in [3.63, 3.8) is 0 Å². The monoisotopic (exact) mass is 267 g/mol. The number of halogens is 3. The van der Waals surface area contributed by atoms with Crippen LogP contribution in [0, 0.1) is 24.4 Å². The first kappa shape index (κ1) is 13.3. The van der Waals surface area contributed by atoms with E-state index in [0.717, 1.165) is 17.7 Å². The van der Waals surface area contributed by atoms with Crippen LogP contribution in [-0.2, 0) is 6.54 Å². The van der Waals surface area contributed by atoms with Crippen LogP contribution >= 0.6 is 0 Å². The van der Waals surface area contributed by atoms with E-state index in [-0.39, 0.29) is 17.8 Å². The molecule has 0 spiro atoms. The van der Waals surface area contributed by atoms with Crippen molar-refractivity contribution in [1.82, 2.24) is 0 Å². The number of nitrogens with one attached hydrogen (secondary N) is 1. The van der Waals surface area contributed by atoms with Gasteiger partial charge in [0.1, 0.15) is 5.82 Å². The lowest BCUT2D eigenvalue weighted by atomic mass is 10.1. The summed E-state index contributed by atoms with van der Waals surface area (Å²) in [6.45, 7) is 1.81. The number of benzene rings is 2. The van der Waals surface area contributed by atoms with Crippen LogP contribution in [0.2, 0.25) is 0 Å². The van der Waals surface area contributed by atoms with Gasteiger partial charge in [0.2, 0.25) is 0 Å². The zero-order valence-electron chi connectivity index (χ0n) is 10.2. The largest absolute Gasteiger partial charge is 0.503 e. The van der Waals surface area contributed by atoms with Crippen LogP contribution < -0.4 is 5.32 Å². The van der Waals surface area contributed by atoms with E-state index in [2.05, 4.69) is 5.32 Å². The van der Waals surface area contributed by atoms with Crippen molar-refractivity contribution >= 4 is 5.69 Å². The molecule has 2 nitrogen and oxygen atoms in total. The molecule has 0 bridgehead atoms. The molecule has 0 saturated carbocycles. The molecule has 0 aliphatic heterocycles. The van der Waals surface area contributed by atoms with Crippen LogP contribution in [0.25, 0.3) is 0 Å². The molecule has 0 aliphatic rings. The first-order chi connectivity index (χ1) is 8.97. The number of rotatable bonds is 3. The molecule has 2 N–H and O–H groups in total. The molecule has 19 heavy (non-hydrogen) atoms. The summed E-state index contributed by atoms with van der Waals surface area (Å²) in [6, 6.07) is 6.64. The summed E-state index contributed by atoms with van der Waals surface area (Å²) in [5.74, 6) is -3.52. The molecule has 0 unspecified atom stereocenters. The number of hydrogen-bond acceptors (Lipinski definition) is 2. The molecule has 2 aromatic rings. The van der Waals surface area contributed by atoms with Crippen LogP contribution in [0.1, 0.15) is 11.1 Å². The maximum atomic E-state index is 13.5. The van der Waals surface area contributed by atoms with Gasteiger partial charge in [0, 0.05) is 6.54 Å². The van der Waals surface area contributed by atoms with Gasteiger partial charge in [-0.15, -0.1) is 0 Å². The number of anilines is 1. The van der Waals surface area contributed by atoms with Gasteiger partial charge in [-0.25, -0.2) is 13.2 Å². The van der Waals surface area contributed by atoms with Gasteiger partial charge in [-0.2, -0.15) is 0 Å². The fourth-order valence-electron chi connectivity index (χ4n) is 1.68. The highest BCUT2D eigenvalue weighted by Gasteiger charge is 2.10. The number of aryl methyl sites for hydroxylation is 1. The van der Waals surface area contributed by atoms with Crippen LogP contribution in [-0.4, -0.2) is 5.11 Å². The second-order valence-corrected chi connectivity index (χ2v) is 4.24. The fraction of sp³-hybridized carbons (Fsp3) is 0.143. The molecule has 0 radical (unpaired) electrons. The first-order valence-corrected chi connectivity index (χ1v) is 5.64. The van der Waals surface area contributed by atoms with E-state index < -0.39 is 23.2 Å². The zero-order valence-corrected chi connectivity index (χ0v) is 10.2. The Morgan fingerprint density at radius 2 is 1.63 bits per heavy atom. The number of aromatic hydroxyl groups is 1. The van der Waals surface area contributed by atoms with Crippen molar-refractivity contribution in [3.8, 4) is 5.75 Å². The van der Waals surface area contributed by atoms with Gasteiger partial charge in [0.05, 0.1) is 5.69 Å². The van der Waals surface area contributed by atoms with Gasteiger partial charge < -0.3 is 10.4 Å². The Labute approximate surface area is 108 Å². The molecular formula is C14H12F3NO. The summed E-state index contributed by atoms with van der Waals surface area (Å²) < 4.78 is 39.7. The molecule has 5 heteroatoms.